The fourth-order valence-electron chi connectivity index (χ4n) is 2.56. The average Bonchev–Trinajstić information content (AvgIpc) is 2.44. The lowest BCUT2D eigenvalue weighted by Crippen LogP contribution is -2.45. The van der Waals surface area contributed by atoms with Gasteiger partial charge in [0.2, 0.25) is 0 Å². The number of likely N-dealkylation sites (N-methyl/N-ethyl adjacent to an activating group) is 1. The van der Waals surface area contributed by atoms with Crippen molar-refractivity contribution in [1.82, 2.24) is 10.2 Å². The van der Waals surface area contributed by atoms with Gasteiger partial charge < -0.3 is 10.2 Å². The van der Waals surface area contributed by atoms with E-state index in [1.54, 1.807) is 0 Å². The van der Waals surface area contributed by atoms with E-state index in [-0.39, 0.29) is 5.91 Å². The molecule has 0 aliphatic carbocycles. The van der Waals surface area contributed by atoms with E-state index in [0.717, 1.165) is 40.6 Å². The fourth-order valence-corrected chi connectivity index (χ4v) is 3.86. The van der Waals surface area contributed by atoms with Gasteiger partial charge >= 0.3 is 0 Å². The van der Waals surface area contributed by atoms with Crippen LogP contribution in [0.1, 0.15) is 36.5 Å². The highest BCUT2D eigenvalue weighted by Crippen LogP contribution is 2.21. The molecule has 1 fully saturated rings. The molecule has 1 amide bonds. The molecule has 1 heterocycles. The van der Waals surface area contributed by atoms with Gasteiger partial charge in [0.15, 0.2) is 0 Å². The lowest BCUT2D eigenvalue weighted by atomic mass is 10.0. The molecular formula is C15H20Br2N2O. The summed E-state index contributed by atoms with van der Waals surface area (Å²) in [6.45, 7) is 4.63. The molecule has 1 saturated heterocycles. The second-order valence-corrected chi connectivity index (χ2v) is 6.98. The molecule has 1 aliphatic heterocycles. The smallest absolute Gasteiger partial charge is 0.253 e. The predicted molar refractivity (Wildman–Crippen MR) is 89.1 cm³/mol. The Balaban J connectivity index is 2.07. The molecule has 0 bridgehead atoms. The van der Waals surface area contributed by atoms with Crippen LogP contribution in [0.25, 0.3) is 0 Å². The monoisotopic (exact) mass is 402 g/mol. The van der Waals surface area contributed by atoms with Crippen LogP contribution in [0.15, 0.2) is 27.1 Å². The quantitative estimate of drug-likeness (QED) is 0.828. The first-order valence-electron chi connectivity index (χ1n) is 7.09. The van der Waals surface area contributed by atoms with Gasteiger partial charge in [-0.25, -0.2) is 0 Å². The summed E-state index contributed by atoms with van der Waals surface area (Å²) >= 11 is 6.88. The van der Waals surface area contributed by atoms with Crippen molar-refractivity contribution in [3.8, 4) is 0 Å². The van der Waals surface area contributed by atoms with E-state index in [4.69, 9.17) is 0 Å². The Labute approximate surface area is 137 Å². The largest absolute Gasteiger partial charge is 0.337 e. The second-order valence-electron chi connectivity index (χ2n) is 5.15. The first kappa shape index (κ1) is 16.0. The van der Waals surface area contributed by atoms with Gasteiger partial charge in [-0.2, -0.15) is 0 Å². The van der Waals surface area contributed by atoms with Crippen molar-refractivity contribution in [3.05, 3.63) is 32.7 Å². The Morgan fingerprint density at radius 3 is 2.55 bits per heavy atom. The number of hydrogen-bond donors (Lipinski definition) is 1. The zero-order valence-electron chi connectivity index (χ0n) is 11.7. The van der Waals surface area contributed by atoms with Gasteiger partial charge in [0, 0.05) is 33.6 Å². The number of amides is 1. The van der Waals surface area contributed by atoms with Crippen LogP contribution in [0.3, 0.4) is 0 Å². The minimum Gasteiger partial charge on any atom is -0.337 e. The van der Waals surface area contributed by atoms with Crippen LogP contribution in [0.2, 0.25) is 0 Å². The number of piperidine rings is 1. The number of carbonyl (C=O) groups excluding carboxylic acids is 1. The van der Waals surface area contributed by atoms with Crippen molar-refractivity contribution in [2.75, 3.05) is 19.6 Å². The van der Waals surface area contributed by atoms with Crippen LogP contribution in [0.5, 0.6) is 0 Å². The first-order chi connectivity index (χ1) is 9.60. The number of halogens is 2. The van der Waals surface area contributed by atoms with Gasteiger partial charge in [0.05, 0.1) is 0 Å². The summed E-state index contributed by atoms with van der Waals surface area (Å²) in [6.07, 6.45) is 3.66. The van der Waals surface area contributed by atoms with Gasteiger partial charge in [-0.1, -0.05) is 38.3 Å². The lowest BCUT2D eigenvalue weighted by Gasteiger charge is -2.30. The standard InChI is InChI=1S/C15H20Br2N2O/c1-2-19(10-14-5-3-4-6-18-14)15(20)11-7-12(16)9-13(17)8-11/h7-9,14,18H,2-6,10H2,1H3. The van der Waals surface area contributed by atoms with Gasteiger partial charge in [-0.15, -0.1) is 0 Å². The van der Waals surface area contributed by atoms with Crippen molar-refractivity contribution in [3.63, 3.8) is 0 Å². The molecule has 5 heteroatoms. The molecule has 1 aliphatic rings. The van der Waals surface area contributed by atoms with Gasteiger partial charge in [0.1, 0.15) is 0 Å². The average molecular weight is 404 g/mol. The summed E-state index contributed by atoms with van der Waals surface area (Å²) in [5, 5.41) is 3.50. The van der Waals surface area contributed by atoms with Crippen molar-refractivity contribution >= 4 is 37.8 Å². The Bertz CT molecular complexity index is 453. The molecule has 1 N–H and O–H groups in total. The van der Waals surface area contributed by atoms with Crippen LogP contribution in [0, 0.1) is 0 Å². The number of rotatable bonds is 4. The molecule has 110 valence electrons. The maximum Gasteiger partial charge on any atom is 0.253 e. The summed E-state index contributed by atoms with van der Waals surface area (Å²) in [4.78, 5) is 14.5. The van der Waals surface area contributed by atoms with E-state index >= 15 is 0 Å². The molecule has 20 heavy (non-hydrogen) atoms. The van der Waals surface area contributed by atoms with Crippen LogP contribution in [-0.4, -0.2) is 36.5 Å². The Morgan fingerprint density at radius 1 is 1.30 bits per heavy atom. The molecular weight excluding hydrogens is 384 g/mol. The Hall–Kier alpha value is -0.390. The fraction of sp³-hybridized carbons (Fsp3) is 0.533. The zero-order valence-corrected chi connectivity index (χ0v) is 14.8. The van der Waals surface area contributed by atoms with Crippen molar-refractivity contribution in [1.29, 1.82) is 0 Å². The summed E-state index contributed by atoms with van der Waals surface area (Å²) in [7, 11) is 0. The maximum atomic E-state index is 12.6. The Morgan fingerprint density at radius 2 is 2.00 bits per heavy atom. The predicted octanol–water partition coefficient (Wildman–Crippen LogP) is 3.82. The van der Waals surface area contributed by atoms with E-state index in [1.165, 1.54) is 12.8 Å². The van der Waals surface area contributed by atoms with Crippen LogP contribution < -0.4 is 5.32 Å². The number of hydrogen-bond acceptors (Lipinski definition) is 2. The molecule has 1 atom stereocenters. The molecule has 0 radical (unpaired) electrons. The van der Waals surface area contributed by atoms with E-state index in [0.29, 0.717) is 6.04 Å². The summed E-state index contributed by atoms with van der Waals surface area (Å²) in [5.74, 6) is 0.0990. The van der Waals surface area contributed by atoms with E-state index in [2.05, 4.69) is 37.2 Å². The third-order valence-electron chi connectivity index (χ3n) is 3.63. The molecule has 1 unspecified atom stereocenters. The van der Waals surface area contributed by atoms with Crippen molar-refractivity contribution < 1.29 is 4.79 Å². The zero-order chi connectivity index (χ0) is 14.5. The molecule has 1 aromatic carbocycles. The van der Waals surface area contributed by atoms with Gasteiger partial charge in [0.25, 0.3) is 5.91 Å². The molecule has 0 aromatic heterocycles. The topological polar surface area (TPSA) is 32.3 Å². The van der Waals surface area contributed by atoms with Crippen LogP contribution >= 0.6 is 31.9 Å². The molecule has 1 aromatic rings. The second kappa shape index (κ2) is 7.57. The van der Waals surface area contributed by atoms with Crippen LogP contribution in [0.4, 0.5) is 0 Å². The van der Waals surface area contributed by atoms with E-state index < -0.39 is 0 Å². The summed E-state index contributed by atoms with van der Waals surface area (Å²) < 4.78 is 1.84. The number of benzene rings is 1. The van der Waals surface area contributed by atoms with E-state index in [1.807, 2.05) is 30.0 Å². The minimum absolute atomic E-state index is 0.0990. The number of nitrogens with one attached hydrogen (secondary N) is 1. The third-order valence-corrected chi connectivity index (χ3v) is 4.55. The van der Waals surface area contributed by atoms with Crippen molar-refractivity contribution in [2.45, 2.75) is 32.2 Å². The van der Waals surface area contributed by atoms with Crippen molar-refractivity contribution in [2.24, 2.45) is 0 Å². The van der Waals surface area contributed by atoms with Gasteiger partial charge in [-0.05, 0) is 44.5 Å². The third kappa shape index (κ3) is 4.30. The summed E-state index contributed by atoms with van der Waals surface area (Å²) in [5.41, 5.74) is 0.726. The highest BCUT2D eigenvalue weighted by atomic mass is 79.9. The Kier molecular flexibility index (Phi) is 6.05. The highest BCUT2D eigenvalue weighted by Gasteiger charge is 2.20. The van der Waals surface area contributed by atoms with E-state index in [9.17, 15) is 4.79 Å². The lowest BCUT2D eigenvalue weighted by molar-refractivity contribution is 0.0741. The molecule has 0 spiro atoms. The number of nitrogens with zero attached hydrogens (tertiary/aromatic N) is 1. The SMILES string of the molecule is CCN(CC1CCCCN1)C(=O)c1cc(Br)cc(Br)c1. The van der Waals surface area contributed by atoms with Gasteiger partial charge in [-0.3, -0.25) is 4.79 Å². The molecule has 0 saturated carbocycles. The normalized spacial score (nSPS) is 18.9. The minimum atomic E-state index is 0.0990. The first-order valence-corrected chi connectivity index (χ1v) is 8.67. The maximum absolute atomic E-state index is 12.6. The molecule has 3 nitrogen and oxygen atoms in total. The number of carbonyl (C=O) groups is 1. The highest BCUT2D eigenvalue weighted by molar-refractivity contribution is 9.11. The summed E-state index contributed by atoms with van der Waals surface area (Å²) in [6, 6.07) is 6.13. The molecule has 2 rings (SSSR count). The van der Waals surface area contributed by atoms with Crippen LogP contribution in [-0.2, 0) is 0 Å².